The van der Waals surface area contributed by atoms with E-state index in [2.05, 4.69) is 12.2 Å². The first-order chi connectivity index (χ1) is 6.91. The number of allylic oxidation sites excluding steroid dienone is 6. The highest BCUT2D eigenvalue weighted by Gasteiger charge is 1.85. The monoisotopic (exact) mass is 194 g/mol. The van der Waals surface area contributed by atoms with E-state index in [0.717, 1.165) is 19.3 Å². The number of rotatable bonds is 8. The first-order valence-corrected chi connectivity index (χ1v) is 5.47. The van der Waals surface area contributed by atoms with Crippen LogP contribution in [0.3, 0.4) is 0 Å². The molecule has 0 rings (SSSR count). The van der Waals surface area contributed by atoms with Gasteiger partial charge >= 0.3 is 0 Å². The molecule has 14 heavy (non-hydrogen) atoms. The molecule has 0 fully saturated rings. The number of hydrogen-bond donors (Lipinski definition) is 1. The summed E-state index contributed by atoms with van der Waals surface area (Å²) in [6.45, 7) is 2.34. The highest BCUT2D eigenvalue weighted by molar-refractivity contribution is 5.10. The fourth-order valence-corrected chi connectivity index (χ4v) is 1.14. The normalized spacial score (nSPS) is 12.4. The van der Waals surface area contributed by atoms with Gasteiger partial charge in [-0.3, -0.25) is 0 Å². The summed E-state index contributed by atoms with van der Waals surface area (Å²) in [6.07, 6.45) is 18.1. The lowest BCUT2D eigenvalue weighted by Crippen LogP contribution is -1.82. The van der Waals surface area contributed by atoms with Crippen LogP contribution in [0.4, 0.5) is 0 Å². The molecule has 0 aliphatic rings. The van der Waals surface area contributed by atoms with E-state index in [1.165, 1.54) is 12.8 Å². The van der Waals surface area contributed by atoms with Crippen LogP contribution in [-0.4, -0.2) is 11.7 Å². The lowest BCUT2D eigenvalue weighted by molar-refractivity contribution is 0.282. The third-order valence-electron chi connectivity index (χ3n) is 1.94. The van der Waals surface area contributed by atoms with E-state index < -0.39 is 0 Å². The number of hydrogen-bond acceptors (Lipinski definition) is 1. The lowest BCUT2D eigenvalue weighted by atomic mass is 10.1. The summed E-state index contributed by atoms with van der Waals surface area (Å²) in [7, 11) is 0. The fraction of sp³-hybridized carbons (Fsp3) is 0.538. The van der Waals surface area contributed by atoms with E-state index in [4.69, 9.17) is 5.11 Å². The predicted molar refractivity (Wildman–Crippen MR) is 63.3 cm³/mol. The quantitative estimate of drug-likeness (QED) is 0.462. The summed E-state index contributed by atoms with van der Waals surface area (Å²) in [5, 5.41) is 8.56. The number of aliphatic hydroxyl groups is 1. The Morgan fingerprint density at radius 2 is 1.57 bits per heavy atom. The second-order valence-electron chi connectivity index (χ2n) is 3.27. The van der Waals surface area contributed by atoms with Gasteiger partial charge < -0.3 is 5.11 Å². The van der Waals surface area contributed by atoms with Crippen molar-refractivity contribution in [1.82, 2.24) is 0 Å². The molecule has 0 aliphatic heterocycles. The molecule has 0 bridgehead atoms. The molecule has 0 amide bonds. The lowest BCUT2D eigenvalue weighted by Gasteiger charge is -1.94. The van der Waals surface area contributed by atoms with Crippen molar-refractivity contribution >= 4 is 0 Å². The Hall–Kier alpha value is -0.820. The molecule has 0 atom stereocenters. The molecule has 1 heteroatoms. The zero-order valence-corrected chi connectivity index (χ0v) is 9.15. The van der Waals surface area contributed by atoms with Crippen molar-refractivity contribution in [1.29, 1.82) is 0 Å². The average Bonchev–Trinajstić information content (AvgIpc) is 2.21. The zero-order valence-electron chi connectivity index (χ0n) is 9.15. The van der Waals surface area contributed by atoms with Crippen molar-refractivity contribution in [3.8, 4) is 0 Å². The van der Waals surface area contributed by atoms with Gasteiger partial charge in [-0.05, 0) is 26.2 Å². The standard InChI is InChI=1S/C13H22O/c1-2-3-4-5-6-7-8-9-10-11-12-13-14/h2-7,14H,8-13H2,1H3/b3-2+,5-4+,7-6?. The van der Waals surface area contributed by atoms with E-state index in [-0.39, 0.29) is 0 Å². The maximum absolute atomic E-state index is 8.56. The van der Waals surface area contributed by atoms with Crippen LogP contribution in [-0.2, 0) is 0 Å². The molecular formula is C13H22O. The molecule has 0 aromatic heterocycles. The summed E-state index contributed by atoms with van der Waals surface area (Å²) in [6, 6.07) is 0. The smallest absolute Gasteiger partial charge is 0.0431 e. The zero-order chi connectivity index (χ0) is 10.5. The molecule has 0 spiro atoms. The van der Waals surface area contributed by atoms with Gasteiger partial charge in [-0.1, -0.05) is 49.3 Å². The van der Waals surface area contributed by atoms with Gasteiger partial charge in [0.15, 0.2) is 0 Å². The van der Waals surface area contributed by atoms with Gasteiger partial charge in [0.1, 0.15) is 0 Å². The van der Waals surface area contributed by atoms with Crippen LogP contribution >= 0.6 is 0 Å². The van der Waals surface area contributed by atoms with Crippen LogP contribution in [0.1, 0.15) is 39.0 Å². The second-order valence-corrected chi connectivity index (χ2v) is 3.27. The Kier molecular flexibility index (Phi) is 11.5. The molecule has 0 aromatic carbocycles. The minimum absolute atomic E-state index is 0.335. The van der Waals surface area contributed by atoms with E-state index in [1.54, 1.807) is 0 Å². The van der Waals surface area contributed by atoms with E-state index in [1.807, 2.05) is 31.2 Å². The highest BCUT2D eigenvalue weighted by atomic mass is 16.2. The molecule has 0 radical (unpaired) electrons. The highest BCUT2D eigenvalue weighted by Crippen LogP contribution is 2.02. The number of unbranched alkanes of at least 4 members (excludes halogenated alkanes) is 4. The molecule has 80 valence electrons. The van der Waals surface area contributed by atoms with Crippen molar-refractivity contribution in [2.45, 2.75) is 39.0 Å². The van der Waals surface area contributed by atoms with E-state index >= 15 is 0 Å². The third kappa shape index (κ3) is 11.2. The van der Waals surface area contributed by atoms with E-state index in [9.17, 15) is 0 Å². The third-order valence-corrected chi connectivity index (χ3v) is 1.94. The van der Waals surface area contributed by atoms with E-state index in [0.29, 0.717) is 6.61 Å². The Balaban J connectivity index is 3.18. The summed E-state index contributed by atoms with van der Waals surface area (Å²) in [5.41, 5.74) is 0. The maximum atomic E-state index is 8.56. The predicted octanol–water partition coefficient (Wildman–Crippen LogP) is 3.62. The van der Waals surface area contributed by atoms with Crippen molar-refractivity contribution in [2.24, 2.45) is 0 Å². The SMILES string of the molecule is C/C=C/C=C/C=CCCCCCCO. The average molecular weight is 194 g/mol. The summed E-state index contributed by atoms with van der Waals surface area (Å²) in [4.78, 5) is 0. The molecule has 0 aliphatic carbocycles. The molecule has 0 saturated heterocycles. The van der Waals surface area contributed by atoms with Gasteiger partial charge in [-0.15, -0.1) is 0 Å². The molecule has 0 heterocycles. The molecule has 0 aromatic rings. The van der Waals surface area contributed by atoms with Crippen LogP contribution in [0, 0.1) is 0 Å². The van der Waals surface area contributed by atoms with Crippen LogP contribution in [0.15, 0.2) is 36.5 Å². The molecule has 0 unspecified atom stereocenters. The van der Waals surface area contributed by atoms with Crippen molar-refractivity contribution in [3.63, 3.8) is 0 Å². The minimum atomic E-state index is 0.335. The Morgan fingerprint density at radius 3 is 2.29 bits per heavy atom. The van der Waals surface area contributed by atoms with Crippen LogP contribution in [0.25, 0.3) is 0 Å². The van der Waals surface area contributed by atoms with Crippen molar-refractivity contribution in [3.05, 3.63) is 36.5 Å². The van der Waals surface area contributed by atoms with Gasteiger partial charge in [-0.25, -0.2) is 0 Å². The summed E-state index contributed by atoms with van der Waals surface area (Å²) in [5.74, 6) is 0. The molecule has 1 N–H and O–H groups in total. The van der Waals surface area contributed by atoms with Crippen molar-refractivity contribution in [2.75, 3.05) is 6.61 Å². The number of aliphatic hydroxyl groups excluding tert-OH is 1. The Morgan fingerprint density at radius 1 is 0.857 bits per heavy atom. The van der Waals surface area contributed by atoms with Crippen molar-refractivity contribution < 1.29 is 5.11 Å². The first-order valence-electron chi connectivity index (χ1n) is 5.47. The first kappa shape index (κ1) is 13.2. The van der Waals surface area contributed by atoms with Crippen LogP contribution in [0.2, 0.25) is 0 Å². The van der Waals surface area contributed by atoms with Gasteiger partial charge in [-0.2, -0.15) is 0 Å². The molecular weight excluding hydrogens is 172 g/mol. The summed E-state index contributed by atoms with van der Waals surface area (Å²) >= 11 is 0. The minimum Gasteiger partial charge on any atom is -0.396 e. The topological polar surface area (TPSA) is 20.2 Å². The van der Waals surface area contributed by atoms with Gasteiger partial charge in [0.05, 0.1) is 0 Å². The Bertz CT molecular complexity index is 178. The van der Waals surface area contributed by atoms with Gasteiger partial charge in [0, 0.05) is 6.61 Å². The Labute approximate surface area is 87.8 Å². The fourth-order valence-electron chi connectivity index (χ4n) is 1.14. The van der Waals surface area contributed by atoms with Crippen LogP contribution < -0.4 is 0 Å². The molecule has 0 saturated carbocycles. The molecule has 1 nitrogen and oxygen atoms in total. The second kappa shape index (κ2) is 12.2. The van der Waals surface area contributed by atoms with Gasteiger partial charge in [0.25, 0.3) is 0 Å². The summed E-state index contributed by atoms with van der Waals surface area (Å²) < 4.78 is 0. The van der Waals surface area contributed by atoms with Gasteiger partial charge in [0.2, 0.25) is 0 Å². The maximum Gasteiger partial charge on any atom is 0.0431 e. The van der Waals surface area contributed by atoms with Crippen LogP contribution in [0.5, 0.6) is 0 Å². The largest absolute Gasteiger partial charge is 0.396 e.